The van der Waals surface area contributed by atoms with Crippen LogP contribution in [0.5, 0.6) is 5.75 Å². The maximum atomic E-state index is 11.4. The Kier molecular flexibility index (Phi) is 2.90. The van der Waals surface area contributed by atoms with Crippen molar-refractivity contribution in [3.05, 3.63) is 23.8 Å². The van der Waals surface area contributed by atoms with Crippen LogP contribution in [0, 0.1) is 0 Å². The van der Waals surface area contributed by atoms with Gasteiger partial charge in [0.05, 0.1) is 11.3 Å². The minimum Gasteiger partial charge on any atom is -0.505 e. The Hall–Kier alpha value is -1.51. The summed E-state index contributed by atoms with van der Waals surface area (Å²) in [5.74, 6) is -0.159. The molecule has 0 aliphatic carbocycles. The second-order valence-electron chi connectivity index (χ2n) is 2.92. The maximum absolute atomic E-state index is 11.4. The first-order valence-electron chi connectivity index (χ1n) is 4.27. The average molecular weight is 179 g/mol. The van der Waals surface area contributed by atoms with E-state index in [1.807, 2.05) is 6.92 Å². The minimum absolute atomic E-state index is 0.0627. The highest BCUT2D eigenvalue weighted by atomic mass is 16.3. The first kappa shape index (κ1) is 9.58. The standard InChI is InChI=1S/C10H13NO2/c1-2-4-9(12)7-5-3-6-8(11)10(7)13/h3,5-6,13H,2,4,11H2,1H3. The predicted molar refractivity (Wildman–Crippen MR) is 51.8 cm³/mol. The van der Waals surface area contributed by atoms with E-state index in [4.69, 9.17) is 5.73 Å². The molecule has 0 amide bonds. The van der Waals surface area contributed by atoms with Crippen molar-refractivity contribution in [2.24, 2.45) is 0 Å². The van der Waals surface area contributed by atoms with Crippen molar-refractivity contribution in [1.29, 1.82) is 0 Å². The Bertz CT molecular complexity index is 321. The van der Waals surface area contributed by atoms with Gasteiger partial charge in [-0.25, -0.2) is 0 Å². The van der Waals surface area contributed by atoms with Crippen LogP contribution in [0.4, 0.5) is 5.69 Å². The van der Waals surface area contributed by atoms with E-state index in [0.29, 0.717) is 12.0 Å². The number of ketones is 1. The highest BCUT2D eigenvalue weighted by molar-refractivity contribution is 5.99. The third-order valence-corrected chi connectivity index (χ3v) is 1.84. The molecule has 0 radical (unpaired) electrons. The molecule has 0 aromatic heterocycles. The second kappa shape index (κ2) is 3.94. The van der Waals surface area contributed by atoms with Gasteiger partial charge < -0.3 is 10.8 Å². The minimum atomic E-state index is -0.0963. The van der Waals surface area contributed by atoms with Crippen molar-refractivity contribution in [2.75, 3.05) is 5.73 Å². The van der Waals surface area contributed by atoms with Gasteiger partial charge in [-0.3, -0.25) is 4.79 Å². The van der Waals surface area contributed by atoms with Crippen LogP contribution in [0.25, 0.3) is 0 Å². The summed E-state index contributed by atoms with van der Waals surface area (Å²) in [5.41, 5.74) is 6.03. The van der Waals surface area contributed by atoms with Crippen molar-refractivity contribution in [1.82, 2.24) is 0 Å². The average Bonchev–Trinajstić information content (AvgIpc) is 2.10. The van der Waals surface area contributed by atoms with Crippen molar-refractivity contribution in [3.63, 3.8) is 0 Å². The van der Waals surface area contributed by atoms with Gasteiger partial charge in [-0.05, 0) is 18.6 Å². The molecule has 0 aliphatic heterocycles. The number of para-hydroxylation sites is 1. The first-order valence-corrected chi connectivity index (χ1v) is 4.27. The molecule has 0 aliphatic rings. The SMILES string of the molecule is CCCC(=O)c1cccc(N)c1O. The van der Waals surface area contributed by atoms with Gasteiger partial charge in [-0.15, -0.1) is 0 Å². The number of aromatic hydroxyl groups is 1. The zero-order chi connectivity index (χ0) is 9.84. The molecule has 0 saturated carbocycles. The molecule has 13 heavy (non-hydrogen) atoms. The van der Waals surface area contributed by atoms with Crippen molar-refractivity contribution < 1.29 is 9.90 Å². The zero-order valence-corrected chi connectivity index (χ0v) is 7.58. The van der Waals surface area contributed by atoms with Gasteiger partial charge in [0, 0.05) is 6.42 Å². The summed E-state index contributed by atoms with van der Waals surface area (Å²) in [4.78, 5) is 11.4. The van der Waals surface area contributed by atoms with E-state index in [9.17, 15) is 9.90 Å². The highest BCUT2D eigenvalue weighted by Crippen LogP contribution is 2.25. The van der Waals surface area contributed by atoms with E-state index in [1.165, 1.54) is 0 Å². The Labute approximate surface area is 77.2 Å². The van der Waals surface area contributed by atoms with Gasteiger partial charge in [0.25, 0.3) is 0 Å². The van der Waals surface area contributed by atoms with Crippen molar-refractivity contribution in [2.45, 2.75) is 19.8 Å². The lowest BCUT2D eigenvalue weighted by Gasteiger charge is -2.04. The van der Waals surface area contributed by atoms with Crippen LogP contribution in [0.1, 0.15) is 30.1 Å². The van der Waals surface area contributed by atoms with Gasteiger partial charge in [0.2, 0.25) is 0 Å². The van der Waals surface area contributed by atoms with Gasteiger partial charge in [0.15, 0.2) is 5.78 Å². The van der Waals surface area contributed by atoms with Crippen molar-refractivity contribution in [3.8, 4) is 5.75 Å². The number of carbonyl (C=O) groups excluding carboxylic acids is 1. The molecule has 70 valence electrons. The van der Waals surface area contributed by atoms with Gasteiger partial charge >= 0.3 is 0 Å². The molecule has 0 heterocycles. The second-order valence-corrected chi connectivity index (χ2v) is 2.92. The van der Waals surface area contributed by atoms with E-state index in [1.54, 1.807) is 18.2 Å². The molecule has 0 bridgehead atoms. The molecule has 1 rings (SSSR count). The molecule has 1 aromatic rings. The third-order valence-electron chi connectivity index (χ3n) is 1.84. The molecule has 0 saturated heterocycles. The van der Waals surface area contributed by atoms with Crippen LogP contribution in [0.2, 0.25) is 0 Å². The molecule has 0 fully saturated rings. The Morgan fingerprint density at radius 1 is 1.54 bits per heavy atom. The molecule has 3 nitrogen and oxygen atoms in total. The number of anilines is 1. The highest BCUT2D eigenvalue weighted by Gasteiger charge is 2.11. The Morgan fingerprint density at radius 2 is 2.23 bits per heavy atom. The number of phenolic OH excluding ortho intramolecular Hbond substituents is 1. The summed E-state index contributed by atoms with van der Waals surface area (Å²) in [6.45, 7) is 1.92. The van der Waals surface area contributed by atoms with Crippen LogP contribution in [0.15, 0.2) is 18.2 Å². The van der Waals surface area contributed by atoms with E-state index < -0.39 is 0 Å². The van der Waals surface area contributed by atoms with E-state index >= 15 is 0 Å². The summed E-state index contributed by atoms with van der Waals surface area (Å²) < 4.78 is 0. The number of phenols is 1. The summed E-state index contributed by atoms with van der Waals surface area (Å²) >= 11 is 0. The van der Waals surface area contributed by atoms with Crippen LogP contribution in [-0.2, 0) is 0 Å². The number of Topliss-reactive ketones (excluding diaryl/α,β-unsaturated/α-hetero) is 1. The van der Waals surface area contributed by atoms with Crippen molar-refractivity contribution >= 4 is 11.5 Å². The Balaban J connectivity index is 3.01. The third kappa shape index (κ3) is 1.99. The largest absolute Gasteiger partial charge is 0.505 e. The van der Waals surface area contributed by atoms with E-state index in [2.05, 4.69) is 0 Å². The fourth-order valence-corrected chi connectivity index (χ4v) is 1.15. The van der Waals surface area contributed by atoms with Crippen LogP contribution in [-0.4, -0.2) is 10.9 Å². The molecular weight excluding hydrogens is 166 g/mol. The summed E-state index contributed by atoms with van der Waals surface area (Å²) in [6.07, 6.45) is 1.21. The maximum Gasteiger partial charge on any atom is 0.166 e. The Morgan fingerprint density at radius 3 is 2.85 bits per heavy atom. The molecule has 0 spiro atoms. The molecule has 1 aromatic carbocycles. The molecule has 3 heteroatoms. The van der Waals surface area contributed by atoms with E-state index in [0.717, 1.165) is 6.42 Å². The van der Waals surface area contributed by atoms with Gasteiger partial charge in [-0.1, -0.05) is 13.0 Å². The smallest absolute Gasteiger partial charge is 0.166 e. The number of rotatable bonds is 3. The lowest BCUT2D eigenvalue weighted by atomic mass is 10.1. The van der Waals surface area contributed by atoms with Crippen LogP contribution >= 0.6 is 0 Å². The topological polar surface area (TPSA) is 63.3 Å². The first-order chi connectivity index (χ1) is 6.16. The number of hydrogen-bond acceptors (Lipinski definition) is 3. The molecule has 0 atom stereocenters. The van der Waals surface area contributed by atoms with Gasteiger partial charge in [0.1, 0.15) is 5.75 Å². The number of carbonyl (C=O) groups is 1. The summed E-state index contributed by atoms with van der Waals surface area (Å²) in [7, 11) is 0. The summed E-state index contributed by atoms with van der Waals surface area (Å²) in [6, 6.07) is 4.82. The normalized spacial score (nSPS) is 9.92. The molecule has 3 N–H and O–H groups in total. The quantitative estimate of drug-likeness (QED) is 0.423. The lowest BCUT2D eigenvalue weighted by molar-refractivity contribution is 0.0979. The van der Waals surface area contributed by atoms with Crippen LogP contribution in [0.3, 0.4) is 0 Å². The summed E-state index contributed by atoms with van der Waals surface area (Å²) in [5, 5.41) is 9.45. The number of hydrogen-bond donors (Lipinski definition) is 2. The predicted octanol–water partition coefficient (Wildman–Crippen LogP) is 1.96. The number of nitrogens with two attached hydrogens (primary N) is 1. The van der Waals surface area contributed by atoms with Gasteiger partial charge in [-0.2, -0.15) is 0 Å². The fraction of sp³-hybridized carbons (Fsp3) is 0.300. The molecule has 0 unspecified atom stereocenters. The monoisotopic (exact) mass is 179 g/mol. The number of benzene rings is 1. The molecular formula is C10H13NO2. The zero-order valence-electron chi connectivity index (χ0n) is 7.58. The number of nitrogen functional groups attached to an aromatic ring is 1. The lowest BCUT2D eigenvalue weighted by Crippen LogP contribution is -2.00. The van der Waals surface area contributed by atoms with Crippen LogP contribution < -0.4 is 5.73 Å². The van der Waals surface area contributed by atoms with E-state index in [-0.39, 0.29) is 17.2 Å². The fourth-order valence-electron chi connectivity index (χ4n) is 1.15.